The van der Waals surface area contributed by atoms with Crippen LogP contribution in [0.2, 0.25) is 0 Å². The Bertz CT molecular complexity index is 1270. The number of methoxy groups -OCH3 is 1. The Balaban J connectivity index is 1.54. The van der Waals surface area contributed by atoms with Gasteiger partial charge in [-0.15, -0.1) is 0 Å². The molecule has 3 aromatic carbocycles. The summed E-state index contributed by atoms with van der Waals surface area (Å²) in [6, 6.07) is 22.5. The van der Waals surface area contributed by atoms with Crippen LogP contribution >= 0.6 is 0 Å². The molecule has 1 aromatic heterocycles. The Kier molecular flexibility index (Phi) is 5.21. The number of hydrogen-bond acceptors (Lipinski definition) is 5. The molecular formula is C25H21N3O4. The number of para-hydroxylation sites is 2. The summed E-state index contributed by atoms with van der Waals surface area (Å²) in [5.74, 6) is 1.63. The molecule has 1 N–H and O–H groups in total. The molecule has 5 rings (SSSR count). The summed E-state index contributed by atoms with van der Waals surface area (Å²) in [4.78, 5) is 13.3. The number of amides is 1. The molecule has 0 spiro atoms. The molecule has 7 heteroatoms. The van der Waals surface area contributed by atoms with Crippen molar-refractivity contribution in [3.8, 4) is 34.2 Å². The zero-order valence-corrected chi connectivity index (χ0v) is 17.4. The Hall–Kier alpha value is -4.26. The van der Waals surface area contributed by atoms with Crippen LogP contribution in [-0.2, 0) is 0 Å². The fraction of sp³-hybridized carbons (Fsp3) is 0.120. The fourth-order valence-electron chi connectivity index (χ4n) is 3.61. The Labute approximate surface area is 185 Å². The Morgan fingerprint density at radius 3 is 2.53 bits per heavy atom. The average molecular weight is 427 g/mol. The van der Waals surface area contributed by atoms with Gasteiger partial charge in [-0.25, -0.2) is 4.68 Å². The number of ether oxygens (including phenoxy) is 3. The Morgan fingerprint density at radius 2 is 1.72 bits per heavy atom. The van der Waals surface area contributed by atoms with E-state index < -0.39 is 0 Å². The minimum atomic E-state index is -0.287. The SMILES string of the molecule is COc1ccccc1-c1nn(-c2ccccc2)cc1C(=O)Nc1ccc2c(c1)OCCO2. The maximum absolute atomic E-state index is 13.3. The number of carbonyl (C=O) groups is 1. The van der Waals surface area contributed by atoms with Gasteiger partial charge in [-0.1, -0.05) is 30.3 Å². The molecule has 0 saturated carbocycles. The van der Waals surface area contributed by atoms with Crippen LogP contribution in [0.5, 0.6) is 17.2 Å². The molecule has 0 fully saturated rings. The standard InChI is InChI=1S/C25H21N3O4/c1-30-21-10-6-5-9-19(21)24-20(16-28(27-24)18-7-3-2-4-8-18)25(29)26-17-11-12-22-23(15-17)32-14-13-31-22/h2-12,15-16H,13-14H2,1H3,(H,26,29). The zero-order valence-electron chi connectivity index (χ0n) is 17.4. The van der Waals surface area contributed by atoms with E-state index in [4.69, 9.17) is 19.3 Å². The molecule has 0 bridgehead atoms. The van der Waals surface area contributed by atoms with Gasteiger partial charge in [0.25, 0.3) is 5.91 Å². The first-order valence-electron chi connectivity index (χ1n) is 10.2. The summed E-state index contributed by atoms with van der Waals surface area (Å²) < 4.78 is 18.4. The summed E-state index contributed by atoms with van der Waals surface area (Å²) in [6.07, 6.45) is 1.73. The molecule has 32 heavy (non-hydrogen) atoms. The second-order valence-corrected chi connectivity index (χ2v) is 7.18. The number of carbonyl (C=O) groups excluding carboxylic acids is 1. The highest BCUT2D eigenvalue weighted by atomic mass is 16.6. The van der Waals surface area contributed by atoms with Crippen molar-refractivity contribution in [2.24, 2.45) is 0 Å². The predicted octanol–water partition coefficient (Wildman–Crippen LogP) is 4.57. The summed E-state index contributed by atoms with van der Waals surface area (Å²) in [5, 5.41) is 7.68. The summed E-state index contributed by atoms with van der Waals surface area (Å²) in [6.45, 7) is 0.992. The average Bonchev–Trinajstić information content (AvgIpc) is 3.30. The molecule has 0 aliphatic carbocycles. The van der Waals surface area contributed by atoms with Crippen LogP contribution in [0.4, 0.5) is 5.69 Å². The number of rotatable bonds is 5. The maximum atomic E-state index is 13.3. The molecular weight excluding hydrogens is 406 g/mol. The van der Waals surface area contributed by atoms with Crippen LogP contribution in [0.15, 0.2) is 79.0 Å². The fourth-order valence-corrected chi connectivity index (χ4v) is 3.61. The van der Waals surface area contributed by atoms with Crippen LogP contribution in [0.25, 0.3) is 16.9 Å². The highest BCUT2D eigenvalue weighted by Crippen LogP contribution is 2.34. The lowest BCUT2D eigenvalue weighted by atomic mass is 10.1. The predicted molar refractivity (Wildman–Crippen MR) is 121 cm³/mol. The van der Waals surface area contributed by atoms with E-state index in [0.29, 0.717) is 47.4 Å². The van der Waals surface area contributed by atoms with Gasteiger partial charge in [-0.05, 0) is 36.4 Å². The molecule has 1 aliphatic heterocycles. The third kappa shape index (κ3) is 3.76. The van der Waals surface area contributed by atoms with Gasteiger partial charge in [-0.2, -0.15) is 5.10 Å². The van der Waals surface area contributed by atoms with Crippen LogP contribution in [-0.4, -0.2) is 36.0 Å². The van der Waals surface area contributed by atoms with Gasteiger partial charge in [-0.3, -0.25) is 4.79 Å². The van der Waals surface area contributed by atoms with Crippen molar-refractivity contribution in [1.82, 2.24) is 9.78 Å². The third-order valence-electron chi connectivity index (χ3n) is 5.14. The van der Waals surface area contributed by atoms with E-state index >= 15 is 0 Å². The topological polar surface area (TPSA) is 74.6 Å². The van der Waals surface area contributed by atoms with Crippen LogP contribution in [0, 0.1) is 0 Å². The molecule has 4 aromatic rings. The highest BCUT2D eigenvalue weighted by Gasteiger charge is 2.22. The molecule has 7 nitrogen and oxygen atoms in total. The van der Waals surface area contributed by atoms with Gasteiger partial charge >= 0.3 is 0 Å². The molecule has 1 amide bonds. The van der Waals surface area contributed by atoms with Gasteiger partial charge in [0.05, 0.1) is 18.4 Å². The van der Waals surface area contributed by atoms with Crippen molar-refractivity contribution < 1.29 is 19.0 Å². The lowest BCUT2D eigenvalue weighted by Crippen LogP contribution is -2.16. The number of benzene rings is 3. The third-order valence-corrected chi connectivity index (χ3v) is 5.14. The maximum Gasteiger partial charge on any atom is 0.259 e. The van der Waals surface area contributed by atoms with Crippen LogP contribution in [0.3, 0.4) is 0 Å². The first-order chi connectivity index (χ1) is 15.7. The van der Waals surface area contributed by atoms with Crippen LogP contribution in [0.1, 0.15) is 10.4 Å². The van der Waals surface area contributed by atoms with Crippen molar-refractivity contribution in [2.75, 3.05) is 25.6 Å². The first-order valence-corrected chi connectivity index (χ1v) is 10.2. The monoisotopic (exact) mass is 427 g/mol. The minimum Gasteiger partial charge on any atom is -0.496 e. The lowest BCUT2D eigenvalue weighted by molar-refractivity contribution is 0.102. The quantitative estimate of drug-likeness (QED) is 0.505. The van der Waals surface area contributed by atoms with Gasteiger partial charge in [0.15, 0.2) is 11.5 Å². The lowest BCUT2D eigenvalue weighted by Gasteiger charge is -2.19. The molecule has 0 radical (unpaired) electrons. The molecule has 160 valence electrons. The first kappa shape index (κ1) is 19.7. The van der Waals surface area contributed by atoms with E-state index in [0.717, 1.165) is 11.3 Å². The summed E-state index contributed by atoms with van der Waals surface area (Å²) in [5.41, 5.74) is 3.14. The molecule has 0 atom stereocenters. The van der Waals surface area contributed by atoms with Gasteiger partial charge in [0, 0.05) is 23.5 Å². The normalized spacial score (nSPS) is 12.3. The van der Waals surface area contributed by atoms with Gasteiger partial charge in [0.2, 0.25) is 0 Å². The highest BCUT2D eigenvalue weighted by molar-refractivity contribution is 6.08. The van der Waals surface area contributed by atoms with Crippen LogP contribution < -0.4 is 19.5 Å². The van der Waals surface area contributed by atoms with E-state index in [-0.39, 0.29) is 5.91 Å². The number of anilines is 1. The largest absolute Gasteiger partial charge is 0.496 e. The van der Waals surface area contributed by atoms with E-state index in [2.05, 4.69) is 5.32 Å². The summed E-state index contributed by atoms with van der Waals surface area (Å²) in [7, 11) is 1.60. The van der Waals surface area contributed by atoms with E-state index in [1.807, 2.05) is 54.6 Å². The number of nitrogens with one attached hydrogen (secondary N) is 1. The van der Waals surface area contributed by atoms with Crippen molar-refractivity contribution >= 4 is 11.6 Å². The number of nitrogens with zero attached hydrogens (tertiary/aromatic N) is 2. The van der Waals surface area contributed by atoms with Crippen molar-refractivity contribution in [3.63, 3.8) is 0 Å². The Morgan fingerprint density at radius 1 is 0.969 bits per heavy atom. The number of fused-ring (bicyclic) bond motifs is 1. The van der Waals surface area contributed by atoms with E-state index in [9.17, 15) is 4.79 Å². The van der Waals surface area contributed by atoms with Crippen molar-refractivity contribution in [2.45, 2.75) is 0 Å². The summed E-state index contributed by atoms with van der Waals surface area (Å²) >= 11 is 0. The zero-order chi connectivity index (χ0) is 21.9. The van der Waals surface area contributed by atoms with E-state index in [1.54, 1.807) is 36.2 Å². The molecule has 0 unspecified atom stereocenters. The number of aromatic nitrogens is 2. The van der Waals surface area contributed by atoms with Crippen molar-refractivity contribution in [3.05, 3.63) is 84.6 Å². The molecule has 0 saturated heterocycles. The molecule has 2 heterocycles. The smallest absolute Gasteiger partial charge is 0.259 e. The second-order valence-electron chi connectivity index (χ2n) is 7.18. The second kappa shape index (κ2) is 8.47. The number of hydrogen-bond donors (Lipinski definition) is 1. The molecule has 1 aliphatic rings. The van der Waals surface area contributed by atoms with Crippen molar-refractivity contribution in [1.29, 1.82) is 0 Å². The minimum absolute atomic E-state index is 0.287. The van der Waals surface area contributed by atoms with E-state index in [1.165, 1.54) is 0 Å². The van der Waals surface area contributed by atoms with Gasteiger partial charge in [0.1, 0.15) is 24.7 Å². The van der Waals surface area contributed by atoms with Gasteiger partial charge < -0.3 is 19.5 Å².